The highest BCUT2D eigenvalue weighted by molar-refractivity contribution is 7.98. The fourth-order valence-corrected chi connectivity index (χ4v) is 3.99. The Bertz CT molecular complexity index is 1220. The highest BCUT2D eigenvalue weighted by Crippen LogP contribution is 2.24. The van der Waals surface area contributed by atoms with Crippen molar-refractivity contribution in [2.75, 3.05) is 0 Å². The van der Waals surface area contributed by atoms with Crippen molar-refractivity contribution in [3.05, 3.63) is 69.2 Å². The van der Waals surface area contributed by atoms with Crippen molar-refractivity contribution < 1.29 is 4.52 Å². The van der Waals surface area contributed by atoms with E-state index >= 15 is 0 Å². The minimum atomic E-state index is -0.0653. The minimum absolute atomic E-state index is 0.0653. The number of benzene rings is 2. The number of rotatable bonds is 6. The summed E-state index contributed by atoms with van der Waals surface area (Å²) < 4.78 is 7.08. The van der Waals surface area contributed by atoms with Gasteiger partial charge in [-0.05, 0) is 43.7 Å². The first-order chi connectivity index (χ1) is 14.0. The van der Waals surface area contributed by atoms with Crippen molar-refractivity contribution in [1.82, 2.24) is 19.7 Å². The summed E-state index contributed by atoms with van der Waals surface area (Å²) in [4.78, 5) is 22.0. The van der Waals surface area contributed by atoms with E-state index in [9.17, 15) is 4.79 Å². The molecule has 148 valence electrons. The molecule has 0 aliphatic heterocycles. The zero-order valence-corrected chi connectivity index (χ0v) is 17.6. The number of thioether (sulfide) groups is 1. The molecule has 4 rings (SSSR count). The molecule has 8 heteroatoms. The lowest BCUT2D eigenvalue weighted by molar-refractivity contribution is 0.425. The summed E-state index contributed by atoms with van der Waals surface area (Å²) in [6, 6.07) is 13.1. The van der Waals surface area contributed by atoms with Crippen LogP contribution in [-0.2, 0) is 12.3 Å². The molecule has 0 aliphatic carbocycles. The Morgan fingerprint density at radius 2 is 1.93 bits per heavy atom. The molecule has 0 aliphatic rings. The number of nitrogens with zero attached hydrogens (tertiary/aromatic N) is 4. The Balaban J connectivity index is 1.61. The average molecular weight is 427 g/mol. The molecular weight excluding hydrogens is 408 g/mol. The number of aromatic nitrogens is 4. The zero-order chi connectivity index (χ0) is 20.4. The Kier molecular flexibility index (Phi) is 5.69. The smallest absolute Gasteiger partial charge is 0.262 e. The molecule has 0 bridgehead atoms. The van der Waals surface area contributed by atoms with E-state index in [0.717, 1.165) is 12.0 Å². The first kappa shape index (κ1) is 19.7. The van der Waals surface area contributed by atoms with Crippen LogP contribution in [0.3, 0.4) is 0 Å². The molecule has 0 saturated carbocycles. The maximum absolute atomic E-state index is 12.9. The van der Waals surface area contributed by atoms with E-state index in [1.54, 1.807) is 22.8 Å². The molecule has 29 heavy (non-hydrogen) atoms. The van der Waals surface area contributed by atoms with Crippen LogP contribution in [0.25, 0.3) is 22.4 Å². The number of fused-ring (bicyclic) bond motifs is 1. The zero-order valence-electron chi connectivity index (χ0n) is 16.1. The maximum atomic E-state index is 12.9. The second-order valence-electron chi connectivity index (χ2n) is 6.68. The normalized spacial score (nSPS) is 11.3. The Labute approximate surface area is 176 Å². The molecule has 0 spiro atoms. The molecular formula is C21H19ClN4O2S. The predicted molar refractivity (Wildman–Crippen MR) is 115 cm³/mol. The molecule has 2 aromatic heterocycles. The van der Waals surface area contributed by atoms with Gasteiger partial charge in [-0.2, -0.15) is 4.98 Å². The van der Waals surface area contributed by atoms with E-state index in [1.165, 1.54) is 17.3 Å². The summed E-state index contributed by atoms with van der Waals surface area (Å²) in [6.45, 7) is 4.65. The van der Waals surface area contributed by atoms with Crippen LogP contribution in [0.5, 0.6) is 0 Å². The fraction of sp³-hybridized carbons (Fsp3) is 0.238. The quantitative estimate of drug-likeness (QED) is 0.315. The molecule has 2 aromatic carbocycles. The van der Waals surface area contributed by atoms with Crippen molar-refractivity contribution in [2.24, 2.45) is 0 Å². The summed E-state index contributed by atoms with van der Waals surface area (Å²) in [5, 5.41) is 5.79. The molecule has 6 nitrogen and oxygen atoms in total. The van der Waals surface area contributed by atoms with Gasteiger partial charge in [-0.15, -0.1) is 0 Å². The molecule has 0 radical (unpaired) electrons. The van der Waals surface area contributed by atoms with Crippen LogP contribution < -0.4 is 5.56 Å². The van der Waals surface area contributed by atoms with E-state index in [2.05, 4.69) is 15.1 Å². The van der Waals surface area contributed by atoms with Gasteiger partial charge in [0.25, 0.3) is 11.4 Å². The molecule has 0 N–H and O–H groups in total. The third-order valence-electron chi connectivity index (χ3n) is 4.43. The van der Waals surface area contributed by atoms with Gasteiger partial charge in [0.2, 0.25) is 0 Å². The number of halogens is 1. The lowest BCUT2D eigenvalue weighted by Gasteiger charge is -2.11. The SMILES string of the molecule is CCCn1c(SCc2noc(-c3ccc(C)cc3)n2)nc2cc(Cl)ccc2c1=O. The summed E-state index contributed by atoms with van der Waals surface area (Å²) in [5.74, 6) is 1.47. The fourth-order valence-electron chi connectivity index (χ4n) is 2.96. The standard InChI is InChI=1S/C21H19ClN4O2S/c1-3-10-26-20(27)16-9-8-15(22)11-17(16)23-21(26)29-12-18-24-19(28-25-18)14-6-4-13(2)5-7-14/h4-9,11H,3,10,12H2,1-2H3. The van der Waals surface area contributed by atoms with E-state index in [0.29, 0.717) is 45.1 Å². The van der Waals surface area contributed by atoms with Crippen LogP contribution in [0, 0.1) is 6.92 Å². The lowest BCUT2D eigenvalue weighted by atomic mass is 10.1. The number of hydrogen-bond acceptors (Lipinski definition) is 6. The van der Waals surface area contributed by atoms with Crippen LogP contribution >= 0.6 is 23.4 Å². The van der Waals surface area contributed by atoms with Crippen LogP contribution in [0.1, 0.15) is 24.7 Å². The molecule has 4 aromatic rings. The second-order valence-corrected chi connectivity index (χ2v) is 8.06. The highest BCUT2D eigenvalue weighted by atomic mass is 35.5. The van der Waals surface area contributed by atoms with Crippen LogP contribution in [-0.4, -0.2) is 19.7 Å². The summed E-state index contributed by atoms with van der Waals surface area (Å²) >= 11 is 7.49. The molecule has 0 fully saturated rings. The Morgan fingerprint density at radius 3 is 2.69 bits per heavy atom. The van der Waals surface area contributed by atoms with Crippen molar-refractivity contribution in [3.8, 4) is 11.5 Å². The Morgan fingerprint density at radius 1 is 1.14 bits per heavy atom. The van der Waals surface area contributed by atoms with Crippen LogP contribution in [0.2, 0.25) is 5.02 Å². The van der Waals surface area contributed by atoms with Crippen molar-refractivity contribution >= 4 is 34.3 Å². The van der Waals surface area contributed by atoms with Gasteiger partial charge < -0.3 is 4.52 Å². The third-order valence-corrected chi connectivity index (χ3v) is 5.63. The topological polar surface area (TPSA) is 73.8 Å². The number of aryl methyl sites for hydroxylation is 1. The molecule has 0 amide bonds. The van der Waals surface area contributed by atoms with E-state index in [1.807, 2.05) is 38.1 Å². The van der Waals surface area contributed by atoms with E-state index < -0.39 is 0 Å². The van der Waals surface area contributed by atoms with Gasteiger partial charge >= 0.3 is 0 Å². The summed E-state index contributed by atoms with van der Waals surface area (Å²) in [7, 11) is 0. The second kappa shape index (κ2) is 8.39. The van der Waals surface area contributed by atoms with Crippen molar-refractivity contribution in [3.63, 3.8) is 0 Å². The van der Waals surface area contributed by atoms with E-state index in [-0.39, 0.29) is 5.56 Å². The molecule has 0 saturated heterocycles. The van der Waals surface area contributed by atoms with Gasteiger partial charge in [0, 0.05) is 17.1 Å². The lowest BCUT2D eigenvalue weighted by Crippen LogP contribution is -2.23. The van der Waals surface area contributed by atoms with Gasteiger partial charge in [-0.1, -0.05) is 53.1 Å². The van der Waals surface area contributed by atoms with Gasteiger partial charge in [0.1, 0.15) is 0 Å². The van der Waals surface area contributed by atoms with Crippen LogP contribution in [0.15, 0.2) is 56.9 Å². The first-order valence-electron chi connectivity index (χ1n) is 9.27. The predicted octanol–water partition coefficient (Wildman–Crippen LogP) is 5.11. The van der Waals surface area contributed by atoms with E-state index in [4.69, 9.17) is 16.1 Å². The van der Waals surface area contributed by atoms with Gasteiger partial charge in [-0.25, -0.2) is 4.98 Å². The molecule has 0 atom stereocenters. The van der Waals surface area contributed by atoms with Gasteiger partial charge in [0.15, 0.2) is 11.0 Å². The molecule has 2 heterocycles. The summed E-state index contributed by atoms with van der Waals surface area (Å²) in [5.41, 5.74) is 2.57. The Hall–Kier alpha value is -2.64. The van der Waals surface area contributed by atoms with Crippen molar-refractivity contribution in [1.29, 1.82) is 0 Å². The first-order valence-corrected chi connectivity index (χ1v) is 10.6. The summed E-state index contributed by atoms with van der Waals surface area (Å²) in [6.07, 6.45) is 0.827. The minimum Gasteiger partial charge on any atom is -0.334 e. The third kappa shape index (κ3) is 4.21. The monoisotopic (exact) mass is 426 g/mol. The maximum Gasteiger partial charge on any atom is 0.262 e. The van der Waals surface area contributed by atoms with Gasteiger partial charge in [-0.3, -0.25) is 9.36 Å². The van der Waals surface area contributed by atoms with Crippen LogP contribution in [0.4, 0.5) is 0 Å². The van der Waals surface area contributed by atoms with Gasteiger partial charge in [0.05, 0.1) is 16.7 Å². The van der Waals surface area contributed by atoms with Crippen molar-refractivity contribution in [2.45, 2.75) is 37.7 Å². The molecule has 0 unspecified atom stereocenters. The average Bonchev–Trinajstić information content (AvgIpc) is 3.18. The number of hydrogen-bond donors (Lipinski definition) is 0. The largest absolute Gasteiger partial charge is 0.334 e. The highest BCUT2D eigenvalue weighted by Gasteiger charge is 2.14.